The molecule has 1 aliphatic heterocycles. The number of hydrogen-bond acceptors (Lipinski definition) is 3. The van der Waals surface area contributed by atoms with Crippen LogP contribution in [0.25, 0.3) is 10.1 Å². The second-order valence-corrected chi connectivity index (χ2v) is 8.23. The quantitative estimate of drug-likeness (QED) is 0.794. The largest absolute Gasteiger partial charge is 0.332 e. The molecule has 128 valence electrons. The molecule has 5 heteroatoms. The highest BCUT2D eigenvalue weighted by molar-refractivity contribution is 7.20. The number of amides is 1. The van der Waals surface area contributed by atoms with E-state index < -0.39 is 0 Å². The average Bonchev–Trinajstić information content (AvgIpc) is 3.24. The highest BCUT2D eigenvalue weighted by atomic mass is 32.1. The Kier molecular flexibility index (Phi) is 3.52. The fourth-order valence-corrected chi connectivity index (χ4v) is 5.11. The smallest absolute Gasteiger partial charge is 0.267 e. The van der Waals surface area contributed by atoms with Crippen LogP contribution in [0.3, 0.4) is 0 Å². The number of rotatable bonds is 3. The molecular weight excluding hydrogens is 335 g/mol. The van der Waals surface area contributed by atoms with Gasteiger partial charge in [-0.2, -0.15) is 0 Å². The van der Waals surface area contributed by atoms with Gasteiger partial charge in [0.2, 0.25) is 0 Å². The minimum absolute atomic E-state index is 0.120. The number of aliphatic imine (C=N–C) groups is 1. The minimum Gasteiger partial charge on any atom is -0.332 e. The molecule has 1 unspecified atom stereocenters. The number of thiophene rings is 1. The molecule has 1 amide bonds. The van der Waals surface area contributed by atoms with E-state index in [4.69, 9.17) is 0 Å². The van der Waals surface area contributed by atoms with Crippen LogP contribution in [0.1, 0.15) is 41.8 Å². The van der Waals surface area contributed by atoms with Crippen molar-refractivity contribution in [3.8, 4) is 0 Å². The van der Waals surface area contributed by atoms with Crippen molar-refractivity contribution in [3.05, 3.63) is 46.1 Å². The molecule has 0 saturated heterocycles. The Hall–Kier alpha value is -2.01. The summed E-state index contributed by atoms with van der Waals surface area (Å²) in [5, 5.41) is 0.558. The summed E-state index contributed by atoms with van der Waals surface area (Å²) in [4.78, 5) is 19.9. The van der Waals surface area contributed by atoms with E-state index in [1.54, 1.807) is 6.07 Å². The average molecular weight is 354 g/mol. The van der Waals surface area contributed by atoms with Gasteiger partial charge in [-0.15, -0.1) is 11.3 Å². The predicted molar refractivity (Wildman–Crippen MR) is 99.0 cm³/mol. The van der Waals surface area contributed by atoms with Crippen LogP contribution in [0, 0.1) is 5.82 Å². The van der Waals surface area contributed by atoms with Crippen LogP contribution in [0.15, 0.2) is 40.4 Å². The topological polar surface area (TPSA) is 32.7 Å². The monoisotopic (exact) mass is 354 g/mol. The lowest BCUT2D eigenvalue weighted by molar-refractivity contribution is 0.0646. The SMILES string of the molecule is O=C(c1sc2ccccc2c1F)N(C1CC1)C1CCC2=C(C=NC2)C1. The Morgan fingerprint density at radius 3 is 2.84 bits per heavy atom. The minimum atomic E-state index is -0.352. The van der Waals surface area contributed by atoms with E-state index in [0.717, 1.165) is 43.3 Å². The molecule has 1 saturated carbocycles. The van der Waals surface area contributed by atoms with Gasteiger partial charge in [0, 0.05) is 28.4 Å². The van der Waals surface area contributed by atoms with E-state index in [1.165, 1.54) is 22.5 Å². The fourth-order valence-electron chi connectivity index (χ4n) is 4.08. The van der Waals surface area contributed by atoms with Crippen molar-refractivity contribution in [1.29, 1.82) is 0 Å². The van der Waals surface area contributed by atoms with Gasteiger partial charge in [-0.3, -0.25) is 9.79 Å². The van der Waals surface area contributed by atoms with Crippen molar-refractivity contribution < 1.29 is 9.18 Å². The van der Waals surface area contributed by atoms with Crippen molar-refractivity contribution in [3.63, 3.8) is 0 Å². The molecule has 0 bridgehead atoms. The van der Waals surface area contributed by atoms with E-state index >= 15 is 0 Å². The molecular formula is C20H19FN2OS. The summed E-state index contributed by atoms with van der Waals surface area (Å²) >= 11 is 1.28. The number of benzene rings is 1. The molecule has 2 heterocycles. The highest BCUT2D eigenvalue weighted by Crippen LogP contribution is 2.39. The van der Waals surface area contributed by atoms with Gasteiger partial charge in [-0.25, -0.2) is 4.39 Å². The maximum absolute atomic E-state index is 14.8. The molecule has 5 rings (SSSR count). The molecule has 1 fully saturated rings. The standard InChI is InChI=1S/C20H19FN2OS/c21-18-16-3-1-2-4-17(16)25-19(18)20(24)23(14-7-8-14)15-6-5-12-10-22-11-13(12)9-15/h1-4,11,14-15H,5-10H2. The van der Waals surface area contributed by atoms with Gasteiger partial charge >= 0.3 is 0 Å². The summed E-state index contributed by atoms with van der Waals surface area (Å²) in [7, 11) is 0. The molecule has 0 spiro atoms. The fraction of sp³-hybridized carbons (Fsp3) is 0.400. The molecule has 3 aliphatic rings. The maximum Gasteiger partial charge on any atom is 0.267 e. The lowest BCUT2D eigenvalue weighted by atomic mass is 9.88. The van der Waals surface area contributed by atoms with Crippen molar-refractivity contribution in [1.82, 2.24) is 4.90 Å². The summed E-state index contributed by atoms with van der Waals surface area (Å²) in [5.74, 6) is -0.473. The summed E-state index contributed by atoms with van der Waals surface area (Å²) in [5.41, 5.74) is 2.72. The summed E-state index contributed by atoms with van der Waals surface area (Å²) in [6, 6.07) is 7.80. The van der Waals surface area contributed by atoms with E-state index in [2.05, 4.69) is 4.99 Å². The molecule has 2 aromatic rings. The normalized spacial score (nSPS) is 22.5. The first-order valence-corrected chi connectivity index (χ1v) is 9.74. The van der Waals surface area contributed by atoms with Gasteiger partial charge in [0.1, 0.15) is 4.88 Å². The Labute approximate surface area is 149 Å². The van der Waals surface area contributed by atoms with Crippen LogP contribution < -0.4 is 0 Å². The van der Waals surface area contributed by atoms with Gasteiger partial charge < -0.3 is 4.90 Å². The van der Waals surface area contributed by atoms with Crippen LogP contribution in [-0.4, -0.2) is 35.7 Å². The second kappa shape index (κ2) is 5.77. The number of fused-ring (bicyclic) bond motifs is 1. The Morgan fingerprint density at radius 2 is 2.04 bits per heavy atom. The van der Waals surface area contributed by atoms with E-state index in [9.17, 15) is 9.18 Å². The molecule has 1 aromatic heterocycles. The van der Waals surface area contributed by atoms with Gasteiger partial charge in [0.25, 0.3) is 5.91 Å². The van der Waals surface area contributed by atoms with Gasteiger partial charge in [0.15, 0.2) is 5.82 Å². The van der Waals surface area contributed by atoms with Crippen LogP contribution in [-0.2, 0) is 0 Å². The van der Waals surface area contributed by atoms with Gasteiger partial charge in [-0.05, 0) is 49.3 Å². The first-order valence-electron chi connectivity index (χ1n) is 8.93. The zero-order valence-electron chi connectivity index (χ0n) is 13.9. The molecule has 2 aliphatic carbocycles. The lowest BCUT2D eigenvalue weighted by Gasteiger charge is -2.34. The summed E-state index contributed by atoms with van der Waals surface area (Å²) in [6.45, 7) is 0.824. The molecule has 1 atom stereocenters. The number of nitrogens with zero attached hydrogens (tertiary/aromatic N) is 2. The first kappa shape index (κ1) is 15.3. The summed E-state index contributed by atoms with van der Waals surface area (Å²) < 4.78 is 15.7. The summed E-state index contributed by atoms with van der Waals surface area (Å²) in [6.07, 6.45) is 6.89. The predicted octanol–water partition coefficient (Wildman–Crippen LogP) is 4.58. The Bertz CT molecular complexity index is 925. The van der Waals surface area contributed by atoms with Crippen molar-refractivity contribution in [2.24, 2.45) is 4.99 Å². The number of carbonyl (C=O) groups is 1. The molecule has 3 nitrogen and oxygen atoms in total. The van der Waals surface area contributed by atoms with E-state index in [0.29, 0.717) is 5.39 Å². The third-order valence-electron chi connectivity index (χ3n) is 5.52. The van der Waals surface area contributed by atoms with Gasteiger partial charge in [0.05, 0.1) is 6.54 Å². The molecule has 0 N–H and O–H groups in total. The van der Waals surface area contributed by atoms with Crippen LogP contribution >= 0.6 is 11.3 Å². The molecule has 0 radical (unpaired) electrons. The number of hydrogen-bond donors (Lipinski definition) is 0. The van der Waals surface area contributed by atoms with E-state index in [1.807, 2.05) is 29.3 Å². The van der Waals surface area contributed by atoms with Gasteiger partial charge in [-0.1, -0.05) is 18.2 Å². The van der Waals surface area contributed by atoms with Crippen LogP contribution in [0.5, 0.6) is 0 Å². The molecule has 1 aromatic carbocycles. The van der Waals surface area contributed by atoms with Crippen molar-refractivity contribution in [2.45, 2.75) is 44.2 Å². The zero-order chi connectivity index (χ0) is 17.0. The maximum atomic E-state index is 14.8. The zero-order valence-corrected chi connectivity index (χ0v) is 14.7. The van der Waals surface area contributed by atoms with Crippen LogP contribution in [0.4, 0.5) is 4.39 Å². The third-order valence-corrected chi connectivity index (χ3v) is 6.65. The first-order chi connectivity index (χ1) is 12.2. The third kappa shape index (κ3) is 2.53. The van der Waals surface area contributed by atoms with Crippen molar-refractivity contribution >= 4 is 33.5 Å². The Balaban J connectivity index is 1.49. The molecule has 25 heavy (non-hydrogen) atoms. The lowest BCUT2D eigenvalue weighted by Crippen LogP contribution is -2.43. The van der Waals surface area contributed by atoms with Crippen molar-refractivity contribution in [2.75, 3.05) is 6.54 Å². The number of carbonyl (C=O) groups excluding carboxylic acids is 1. The highest BCUT2D eigenvalue weighted by Gasteiger charge is 2.40. The van der Waals surface area contributed by atoms with E-state index in [-0.39, 0.29) is 28.7 Å². The Morgan fingerprint density at radius 1 is 1.20 bits per heavy atom. The number of halogens is 1. The van der Waals surface area contributed by atoms with Crippen LogP contribution in [0.2, 0.25) is 0 Å². The second-order valence-electron chi connectivity index (χ2n) is 7.18.